The van der Waals surface area contributed by atoms with Crippen LogP contribution in [0.2, 0.25) is 0 Å². The number of nitrogens with one attached hydrogen (secondary N) is 1. The largest absolute Gasteiger partial charge is 0.481 e. The van der Waals surface area contributed by atoms with Crippen LogP contribution in [0.5, 0.6) is 5.75 Å². The van der Waals surface area contributed by atoms with Crippen molar-refractivity contribution in [2.24, 2.45) is 5.92 Å². The number of carbonyl (C=O) groups is 2. The normalized spacial score (nSPS) is 18.7. The fourth-order valence-corrected chi connectivity index (χ4v) is 3.30. The number of likely N-dealkylation sites (tertiary alicyclic amines) is 1. The van der Waals surface area contributed by atoms with Gasteiger partial charge in [0, 0.05) is 26.1 Å². The van der Waals surface area contributed by atoms with E-state index in [9.17, 15) is 9.59 Å². The summed E-state index contributed by atoms with van der Waals surface area (Å²) in [5, 5.41) is 2.82. The monoisotopic (exact) mass is 374 g/mol. The zero-order valence-corrected chi connectivity index (χ0v) is 17.4. The molecule has 1 aliphatic heterocycles. The number of ether oxygens (including phenoxy) is 1. The Morgan fingerprint density at radius 1 is 1.33 bits per heavy atom. The topological polar surface area (TPSA) is 58.6 Å². The summed E-state index contributed by atoms with van der Waals surface area (Å²) < 4.78 is 5.79. The van der Waals surface area contributed by atoms with Gasteiger partial charge in [-0.25, -0.2) is 0 Å². The summed E-state index contributed by atoms with van der Waals surface area (Å²) >= 11 is 0. The maximum absolute atomic E-state index is 12.3. The van der Waals surface area contributed by atoms with Gasteiger partial charge < -0.3 is 15.0 Å². The number of piperidine rings is 1. The molecule has 1 aliphatic rings. The second-order valence-electron chi connectivity index (χ2n) is 8.67. The first kappa shape index (κ1) is 21.3. The van der Waals surface area contributed by atoms with Crippen LogP contribution in [0.4, 0.5) is 0 Å². The lowest BCUT2D eigenvalue weighted by Gasteiger charge is -2.31. The third-order valence-electron chi connectivity index (χ3n) is 5.03. The molecule has 1 heterocycles. The van der Waals surface area contributed by atoms with E-state index in [1.54, 1.807) is 6.92 Å². The summed E-state index contributed by atoms with van der Waals surface area (Å²) in [6.07, 6.45) is 1.99. The van der Waals surface area contributed by atoms with Crippen LogP contribution in [0.25, 0.3) is 0 Å². The van der Waals surface area contributed by atoms with Crippen LogP contribution < -0.4 is 10.1 Å². The summed E-state index contributed by atoms with van der Waals surface area (Å²) in [6, 6.07) is 7.84. The second kappa shape index (κ2) is 9.25. The van der Waals surface area contributed by atoms with Gasteiger partial charge in [0.15, 0.2) is 6.10 Å². The van der Waals surface area contributed by atoms with Crippen molar-refractivity contribution >= 4 is 11.8 Å². The molecule has 0 aromatic heterocycles. The first-order valence-corrected chi connectivity index (χ1v) is 9.99. The molecule has 2 atom stereocenters. The Balaban J connectivity index is 1.78. The van der Waals surface area contributed by atoms with Crippen LogP contribution in [0.3, 0.4) is 0 Å². The molecule has 27 heavy (non-hydrogen) atoms. The first-order chi connectivity index (χ1) is 12.7. The first-order valence-electron chi connectivity index (χ1n) is 9.99. The number of nitrogens with zero attached hydrogens (tertiary/aromatic N) is 1. The van der Waals surface area contributed by atoms with Crippen molar-refractivity contribution in [1.82, 2.24) is 10.2 Å². The Kier molecular flexibility index (Phi) is 7.28. The predicted octanol–water partition coefficient (Wildman–Crippen LogP) is 3.52. The van der Waals surface area contributed by atoms with Crippen LogP contribution in [0, 0.1) is 5.92 Å². The molecule has 0 radical (unpaired) electrons. The standard InChI is InChI=1S/C22H34N2O3/c1-16-8-7-13-24(15-16)20(25)11-12-23-21(26)17(2)27-19-10-6-9-18(14-19)22(3,4)5/h6,9-10,14,16-17H,7-8,11-13,15H2,1-5H3,(H,23,26). The smallest absolute Gasteiger partial charge is 0.260 e. The molecule has 1 aromatic rings. The number of hydrogen-bond acceptors (Lipinski definition) is 3. The van der Waals surface area contributed by atoms with Gasteiger partial charge in [-0.05, 0) is 48.8 Å². The zero-order valence-electron chi connectivity index (χ0n) is 17.4. The van der Waals surface area contributed by atoms with Crippen LogP contribution in [0.15, 0.2) is 24.3 Å². The van der Waals surface area contributed by atoms with Gasteiger partial charge in [0.25, 0.3) is 5.91 Å². The highest BCUT2D eigenvalue weighted by molar-refractivity contribution is 5.82. The van der Waals surface area contributed by atoms with E-state index in [-0.39, 0.29) is 17.2 Å². The number of rotatable bonds is 6. The average molecular weight is 375 g/mol. The van der Waals surface area contributed by atoms with E-state index >= 15 is 0 Å². The number of hydrogen-bond donors (Lipinski definition) is 1. The van der Waals surface area contributed by atoms with E-state index < -0.39 is 6.10 Å². The molecule has 1 fully saturated rings. The minimum atomic E-state index is -0.606. The zero-order chi connectivity index (χ0) is 20.0. The SMILES string of the molecule is CC1CCCN(C(=O)CCNC(=O)C(C)Oc2cccc(C(C)(C)C)c2)C1. The van der Waals surface area contributed by atoms with E-state index in [0.29, 0.717) is 24.6 Å². The molecule has 0 spiro atoms. The highest BCUT2D eigenvalue weighted by atomic mass is 16.5. The van der Waals surface area contributed by atoms with Crippen molar-refractivity contribution in [2.45, 2.75) is 65.4 Å². The fourth-order valence-electron chi connectivity index (χ4n) is 3.30. The van der Waals surface area contributed by atoms with Crippen LogP contribution in [-0.2, 0) is 15.0 Å². The van der Waals surface area contributed by atoms with E-state index in [1.165, 1.54) is 6.42 Å². The van der Waals surface area contributed by atoms with Gasteiger partial charge in [-0.1, -0.05) is 39.8 Å². The number of amides is 2. The summed E-state index contributed by atoms with van der Waals surface area (Å²) in [5.41, 5.74) is 1.19. The highest BCUT2D eigenvalue weighted by Gasteiger charge is 2.21. The number of benzene rings is 1. The molecule has 0 aliphatic carbocycles. The molecule has 1 aromatic carbocycles. The van der Waals surface area contributed by atoms with Crippen molar-refractivity contribution in [1.29, 1.82) is 0 Å². The Bertz CT molecular complexity index is 651. The van der Waals surface area contributed by atoms with Crippen molar-refractivity contribution in [2.75, 3.05) is 19.6 Å². The predicted molar refractivity (Wildman–Crippen MR) is 108 cm³/mol. The van der Waals surface area contributed by atoms with Crippen molar-refractivity contribution in [3.05, 3.63) is 29.8 Å². The average Bonchev–Trinajstić information content (AvgIpc) is 2.61. The third kappa shape index (κ3) is 6.56. The Morgan fingerprint density at radius 2 is 2.07 bits per heavy atom. The number of carbonyl (C=O) groups excluding carboxylic acids is 2. The Morgan fingerprint density at radius 3 is 2.74 bits per heavy atom. The lowest BCUT2D eigenvalue weighted by Crippen LogP contribution is -2.42. The van der Waals surface area contributed by atoms with Gasteiger partial charge in [0.1, 0.15) is 5.75 Å². The molecular weight excluding hydrogens is 340 g/mol. The summed E-state index contributed by atoms with van der Waals surface area (Å²) in [6.45, 7) is 12.3. The molecule has 1 N–H and O–H groups in total. The minimum Gasteiger partial charge on any atom is -0.481 e. The summed E-state index contributed by atoms with van der Waals surface area (Å²) in [7, 11) is 0. The van der Waals surface area contributed by atoms with Gasteiger partial charge in [-0.15, -0.1) is 0 Å². The van der Waals surface area contributed by atoms with Crippen molar-refractivity contribution in [3.8, 4) is 5.75 Å². The second-order valence-corrected chi connectivity index (χ2v) is 8.67. The Hall–Kier alpha value is -2.04. The maximum atomic E-state index is 12.3. The highest BCUT2D eigenvalue weighted by Crippen LogP contribution is 2.26. The molecule has 5 nitrogen and oxygen atoms in total. The van der Waals surface area contributed by atoms with Gasteiger partial charge >= 0.3 is 0 Å². The molecular formula is C22H34N2O3. The Labute approximate surface area is 163 Å². The summed E-state index contributed by atoms with van der Waals surface area (Å²) in [4.78, 5) is 26.5. The molecule has 5 heteroatoms. The van der Waals surface area contributed by atoms with Crippen LogP contribution >= 0.6 is 0 Å². The molecule has 0 saturated carbocycles. The van der Waals surface area contributed by atoms with Gasteiger partial charge in [-0.3, -0.25) is 9.59 Å². The van der Waals surface area contributed by atoms with E-state index in [0.717, 1.165) is 25.1 Å². The summed E-state index contributed by atoms with van der Waals surface area (Å²) in [5.74, 6) is 1.17. The van der Waals surface area contributed by atoms with E-state index in [2.05, 4.69) is 39.1 Å². The minimum absolute atomic E-state index is 0.0250. The third-order valence-corrected chi connectivity index (χ3v) is 5.03. The fraction of sp³-hybridized carbons (Fsp3) is 0.636. The molecule has 0 bridgehead atoms. The molecule has 2 unspecified atom stereocenters. The lowest BCUT2D eigenvalue weighted by atomic mass is 9.87. The maximum Gasteiger partial charge on any atom is 0.260 e. The molecule has 2 rings (SSSR count). The van der Waals surface area contributed by atoms with Gasteiger partial charge in [0.2, 0.25) is 5.91 Å². The molecule has 1 saturated heterocycles. The quantitative estimate of drug-likeness (QED) is 0.829. The van der Waals surface area contributed by atoms with Crippen LogP contribution in [0.1, 0.15) is 59.4 Å². The van der Waals surface area contributed by atoms with E-state index in [1.807, 2.05) is 23.1 Å². The van der Waals surface area contributed by atoms with Crippen LogP contribution in [-0.4, -0.2) is 42.5 Å². The molecule has 150 valence electrons. The van der Waals surface area contributed by atoms with E-state index in [4.69, 9.17) is 4.74 Å². The van der Waals surface area contributed by atoms with Gasteiger partial charge in [-0.2, -0.15) is 0 Å². The van der Waals surface area contributed by atoms with Crippen molar-refractivity contribution < 1.29 is 14.3 Å². The molecule has 2 amide bonds. The van der Waals surface area contributed by atoms with Crippen molar-refractivity contribution in [3.63, 3.8) is 0 Å². The van der Waals surface area contributed by atoms with Gasteiger partial charge in [0.05, 0.1) is 0 Å². The lowest BCUT2D eigenvalue weighted by molar-refractivity contribution is -0.133.